The molecule has 0 aliphatic rings. The average molecular weight is 365 g/mol. The van der Waals surface area contributed by atoms with Gasteiger partial charge in [0, 0.05) is 25.1 Å². The SMILES string of the molecule is O=C(CCc1cccc(Cl)c1Cl)NCCNC(=O)c1ccccc1. The van der Waals surface area contributed by atoms with E-state index in [-0.39, 0.29) is 11.8 Å². The zero-order valence-corrected chi connectivity index (χ0v) is 14.5. The number of amides is 2. The first kappa shape index (κ1) is 18.3. The second-order valence-corrected chi connectivity index (χ2v) is 5.97. The van der Waals surface area contributed by atoms with Gasteiger partial charge in [0.1, 0.15) is 0 Å². The molecule has 0 aliphatic carbocycles. The van der Waals surface area contributed by atoms with Crippen LogP contribution in [0.4, 0.5) is 0 Å². The molecular weight excluding hydrogens is 347 g/mol. The minimum absolute atomic E-state index is 0.0972. The summed E-state index contributed by atoms with van der Waals surface area (Å²) in [5, 5.41) is 6.49. The van der Waals surface area contributed by atoms with Gasteiger partial charge in [-0.1, -0.05) is 53.5 Å². The van der Waals surface area contributed by atoms with Gasteiger partial charge in [0.05, 0.1) is 10.0 Å². The van der Waals surface area contributed by atoms with Gasteiger partial charge in [-0.05, 0) is 30.2 Å². The molecule has 0 unspecified atom stereocenters. The molecule has 0 aliphatic heterocycles. The molecular formula is C18H18Cl2N2O2. The average Bonchev–Trinajstić information content (AvgIpc) is 2.60. The Labute approximate surface area is 151 Å². The highest BCUT2D eigenvalue weighted by Gasteiger charge is 2.08. The van der Waals surface area contributed by atoms with Crippen molar-refractivity contribution in [3.05, 3.63) is 69.7 Å². The van der Waals surface area contributed by atoms with Crippen LogP contribution in [0.15, 0.2) is 48.5 Å². The molecule has 2 amide bonds. The van der Waals surface area contributed by atoms with E-state index in [4.69, 9.17) is 23.2 Å². The summed E-state index contributed by atoms with van der Waals surface area (Å²) in [4.78, 5) is 23.6. The first-order chi connectivity index (χ1) is 11.6. The van der Waals surface area contributed by atoms with Gasteiger partial charge in [-0.2, -0.15) is 0 Å². The first-order valence-corrected chi connectivity index (χ1v) is 8.36. The Hall–Kier alpha value is -2.04. The molecule has 0 saturated carbocycles. The van der Waals surface area contributed by atoms with E-state index in [0.717, 1.165) is 5.56 Å². The zero-order valence-electron chi connectivity index (χ0n) is 13.0. The quantitative estimate of drug-likeness (QED) is 0.739. The standard InChI is InChI=1S/C18H18Cl2N2O2/c19-15-8-4-7-13(17(15)20)9-10-16(23)21-11-12-22-18(24)14-5-2-1-3-6-14/h1-8H,9-12H2,(H,21,23)(H,22,24). The molecule has 126 valence electrons. The summed E-state index contributed by atoms with van der Waals surface area (Å²) in [6.45, 7) is 0.748. The van der Waals surface area contributed by atoms with Crippen LogP contribution >= 0.6 is 23.2 Å². The van der Waals surface area contributed by atoms with Gasteiger partial charge in [0.15, 0.2) is 0 Å². The number of hydrogen-bond acceptors (Lipinski definition) is 2. The van der Waals surface area contributed by atoms with E-state index in [9.17, 15) is 9.59 Å². The second kappa shape index (κ2) is 9.30. The van der Waals surface area contributed by atoms with Gasteiger partial charge in [0.2, 0.25) is 5.91 Å². The van der Waals surface area contributed by atoms with Crippen molar-refractivity contribution in [2.45, 2.75) is 12.8 Å². The highest BCUT2D eigenvalue weighted by Crippen LogP contribution is 2.26. The van der Waals surface area contributed by atoms with E-state index in [1.54, 1.807) is 36.4 Å². The highest BCUT2D eigenvalue weighted by molar-refractivity contribution is 6.42. The van der Waals surface area contributed by atoms with Crippen LogP contribution in [-0.2, 0) is 11.2 Å². The third-order valence-corrected chi connectivity index (χ3v) is 4.28. The molecule has 2 aromatic rings. The summed E-state index contributed by atoms with van der Waals surface area (Å²) < 4.78 is 0. The molecule has 2 N–H and O–H groups in total. The van der Waals surface area contributed by atoms with E-state index >= 15 is 0 Å². The summed E-state index contributed by atoms with van der Waals surface area (Å²) in [5.74, 6) is -0.254. The maximum Gasteiger partial charge on any atom is 0.251 e. The Morgan fingerprint density at radius 3 is 2.33 bits per heavy atom. The van der Waals surface area contributed by atoms with Crippen molar-refractivity contribution in [2.75, 3.05) is 13.1 Å². The zero-order chi connectivity index (χ0) is 17.4. The summed E-state index contributed by atoms with van der Waals surface area (Å²) in [5.41, 5.74) is 1.44. The number of carbonyl (C=O) groups excluding carboxylic acids is 2. The summed E-state index contributed by atoms with van der Waals surface area (Å²) in [6.07, 6.45) is 0.828. The molecule has 24 heavy (non-hydrogen) atoms. The molecule has 0 fully saturated rings. The van der Waals surface area contributed by atoms with Crippen LogP contribution in [-0.4, -0.2) is 24.9 Å². The number of halogens is 2. The van der Waals surface area contributed by atoms with Crippen LogP contribution in [0.25, 0.3) is 0 Å². The van der Waals surface area contributed by atoms with Gasteiger partial charge < -0.3 is 10.6 Å². The number of carbonyl (C=O) groups is 2. The van der Waals surface area contributed by atoms with Crippen molar-refractivity contribution in [3.8, 4) is 0 Å². The number of benzene rings is 2. The van der Waals surface area contributed by atoms with Crippen LogP contribution in [0, 0.1) is 0 Å². The second-order valence-electron chi connectivity index (χ2n) is 5.18. The molecule has 2 rings (SSSR count). The molecule has 4 nitrogen and oxygen atoms in total. The lowest BCUT2D eigenvalue weighted by atomic mass is 10.1. The van der Waals surface area contributed by atoms with E-state index in [2.05, 4.69) is 10.6 Å². The fraction of sp³-hybridized carbons (Fsp3) is 0.222. The number of nitrogens with one attached hydrogen (secondary N) is 2. The number of aryl methyl sites for hydroxylation is 1. The van der Waals surface area contributed by atoms with Crippen LogP contribution in [0.3, 0.4) is 0 Å². The topological polar surface area (TPSA) is 58.2 Å². The predicted molar refractivity (Wildman–Crippen MR) is 96.6 cm³/mol. The van der Waals surface area contributed by atoms with Crippen LogP contribution in [0.5, 0.6) is 0 Å². The largest absolute Gasteiger partial charge is 0.354 e. The predicted octanol–water partition coefficient (Wildman–Crippen LogP) is 3.47. The van der Waals surface area contributed by atoms with Crippen molar-refractivity contribution < 1.29 is 9.59 Å². The van der Waals surface area contributed by atoms with Crippen molar-refractivity contribution in [1.82, 2.24) is 10.6 Å². The number of rotatable bonds is 7. The lowest BCUT2D eigenvalue weighted by molar-refractivity contribution is -0.121. The maximum absolute atomic E-state index is 11.8. The Bertz CT molecular complexity index is 705. The lowest BCUT2D eigenvalue weighted by Gasteiger charge is -2.08. The Kier molecular flexibility index (Phi) is 7.09. The van der Waals surface area contributed by atoms with E-state index < -0.39 is 0 Å². The minimum atomic E-state index is -0.157. The van der Waals surface area contributed by atoms with Gasteiger partial charge >= 0.3 is 0 Å². The Balaban J connectivity index is 1.67. The molecule has 0 spiro atoms. The third-order valence-electron chi connectivity index (χ3n) is 3.42. The van der Waals surface area contributed by atoms with Crippen molar-refractivity contribution in [3.63, 3.8) is 0 Å². The van der Waals surface area contributed by atoms with E-state index in [0.29, 0.717) is 41.5 Å². The molecule has 0 radical (unpaired) electrons. The minimum Gasteiger partial charge on any atom is -0.354 e. The fourth-order valence-electron chi connectivity index (χ4n) is 2.15. The monoisotopic (exact) mass is 364 g/mol. The molecule has 0 saturated heterocycles. The fourth-order valence-corrected chi connectivity index (χ4v) is 2.56. The first-order valence-electron chi connectivity index (χ1n) is 7.61. The Morgan fingerprint density at radius 1 is 0.875 bits per heavy atom. The van der Waals surface area contributed by atoms with Crippen molar-refractivity contribution >= 4 is 35.0 Å². The van der Waals surface area contributed by atoms with Gasteiger partial charge in [-0.3, -0.25) is 9.59 Å². The van der Waals surface area contributed by atoms with Crippen molar-refractivity contribution in [2.24, 2.45) is 0 Å². The molecule has 2 aromatic carbocycles. The maximum atomic E-state index is 11.8. The smallest absolute Gasteiger partial charge is 0.251 e. The molecule has 0 bridgehead atoms. The highest BCUT2D eigenvalue weighted by atomic mass is 35.5. The van der Waals surface area contributed by atoms with Gasteiger partial charge in [0.25, 0.3) is 5.91 Å². The summed E-state index contributed by atoms with van der Waals surface area (Å²) in [7, 11) is 0. The summed E-state index contributed by atoms with van der Waals surface area (Å²) in [6, 6.07) is 14.3. The van der Waals surface area contributed by atoms with Crippen LogP contribution in [0.2, 0.25) is 10.0 Å². The summed E-state index contributed by atoms with van der Waals surface area (Å²) >= 11 is 12.0. The van der Waals surface area contributed by atoms with Crippen LogP contribution in [0.1, 0.15) is 22.3 Å². The lowest BCUT2D eigenvalue weighted by Crippen LogP contribution is -2.34. The van der Waals surface area contributed by atoms with Crippen molar-refractivity contribution in [1.29, 1.82) is 0 Å². The normalized spacial score (nSPS) is 10.2. The number of hydrogen-bond donors (Lipinski definition) is 2. The molecule has 0 aromatic heterocycles. The van der Waals surface area contributed by atoms with Gasteiger partial charge in [-0.15, -0.1) is 0 Å². The van der Waals surface area contributed by atoms with Gasteiger partial charge in [-0.25, -0.2) is 0 Å². The van der Waals surface area contributed by atoms with E-state index in [1.165, 1.54) is 0 Å². The Morgan fingerprint density at radius 2 is 1.58 bits per heavy atom. The molecule has 6 heteroatoms. The van der Waals surface area contributed by atoms with Crippen LogP contribution < -0.4 is 10.6 Å². The third kappa shape index (κ3) is 5.55. The molecule has 0 atom stereocenters. The van der Waals surface area contributed by atoms with E-state index in [1.807, 2.05) is 12.1 Å². The molecule has 0 heterocycles.